The maximum atomic E-state index is 11.5. The van der Waals surface area contributed by atoms with Crippen molar-refractivity contribution in [3.05, 3.63) is 16.5 Å². The van der Waals surface area contributed by atoms with E-state index >= 15 is 0 Å². The summed E-state index contributed by atoms with van der Waals surface area (Å²) >= 11 is 1.08. The average molecular weight is 277 g/mol. The van der Waals surface area contributed by atoms with Crippen LogP contribution in [-0.4, -0.2) is 26.7 Å². The zero-order chi connectivity index (χ0) is 13.1. The fourth-order valence-corrected chi connectivity index (χ4v) is 3.03. The van der Waals surface area contributed by atoms with E-state index in [4.69, 9.17) is 4.74 Å². The van der Waals surface area contributed by atoms with Crippen molar-refractivity contribution < 1.29 is 17.9 Å². The van der Waals surface area contributed by atoms with Crippen LogP contribution >= 0.6 is 11.3 Å². The van der Waals surface area contributed by atoms with E-state index in [-0.39, 0.29) is 5.75 Å². The molecule has 0 radical (unpaired) electrons. The Hall–Kier alpha value is -1.08. The van der Waals surface area contributed by atoms with E-state index in [1.807, 2.05) is 0 Å². The molecule has 1 rings (SSSR count). The van der Waals surface area contributed by atoms with E-state index in [0.717, 1.165) is 11.3 Å². The van der Waals surface area contributed by atoms with Crippen molar-refractivity contribution in [1.29, 1.82) is 0 Å². The van der Waals surface area contributed by atoms with E-state index in [9.17, 15) is 13.2 Å². The van der Waals surface area contributed by atoms with Crippen molar-refractivity contribution in [1.82, 2.24) is 0 Å². The molecule has 7 heteroatoms. The summed E-state index contributed by atoms with van der Waals surface area (Å²) in [6, 6.07) is 1.63. The number of carbonyl (C=O) groups is 1. The van der Waals surface area contributed by atoms with Crippen molar-refractivity contribution in [2.75, 3.05) is 17.1 Å². The standard InChI is InChI=1S/C10H15NO4S2/c1-4-15-10(12)9-7(3)6-8(16-9)11-17(13,14)5-2/h6,11H,4-5H2,1-3H3. The minimum Gasteiger partial charge on any atom is -0.462 e. The van der Waals surface area contributed by atoms with Gasteiger partial charge in [0.2, 0.25) is 10.0 Å². The third-order valence-electron chi connectivity index (χ3n) is 2.01. The lowest BCUT2D eigenvalue weighted by Crippen LogP contribution is -2.13. The van der Waals surface area contributed by atoms with Crippen LogP contribution in [0.4, 0.5) is 5.00 Å². The van der Waals surface area contributed by atoms with Gasteiger partial charge in [-0.15, -0.1) is 11.3 Å². The van der Waals surface area contributed by atoms with Crippen molar-refractivity contribution >= 4 is 32.3 Å². The maximum Gasteiger partial charge on any atom is 0.348 e. The molecule has 0 fully saturated rings. The van der Waals surface area contributed by atoms with Crippen molar-refractivity contribution in [3.63, 3.8) is 0 Å². The van der Waals surface area contributed by atoms with Crippen LogP contribution in [0.2, 0.25) is 0 Å². The second-order valence-corrected chi connectivity index (χ2v) is 6.41. The molecule has 5 nitrogen and oxygen atoms in total. The van der Waals surface area contributed by atoms with Crippen molar-refractivity contribution in [2.24, 2.45) is 0 Å². The first-order valence-electron chi connectivity index (χ1n) is 5.17. The maximum absolute atomic E-state index is 11.5. The number of esters is 1. The van der Waals surface area contributed by atoms with E-state index in [0.29, 0.717) is 22.0 Å². The highest BCUT2D eigenvalue weighted by Gasteiger charge is 2.16. The SMILES string of the molecule is CCOC(=O)c1sc(NS(=O)(=O)CC)cc1C. The summed E-state index contributed by atoms with van der Waals surface area (Å²) in [4.78, 5) is 12.0. The number of sulfonamides is 1. The summed E-state index contributed by atoms with van der Waals surface area (Å²) < 4.78 is 30.0. The molecule has 0 saturated carbocycles. The zero-order valence-electron chi connectivity index (χ0n) is 9.94. The van der Waals surface area contributed by atoms with Gasteiger partial charge in [-0.3, -0.25) is 4.72 Å². The van der Waals surface area contributed by atoms with Gasteiger partial charge >= 0.3 is 5.97 Å². The monoisotopic (exact) mass is 277 g/mol. The first kappa shape index (κ1) is 14.0. The number of nitrogens with one attached hydrogen (secondary N) is 1. The van der Waals surface area contributed by atoms with Crippen LogP contribution in [0, 0.1) is 6.92 Å². The molecule has 96 valence electrons. The fourth-order valence-electron chi connectivity index (χ4n) is 1.16. The van der Waals surface area contributed by atoms with Crippen LogP contribution in [0.1, 0.15) is 29.1 Å². The summed E-state index contributed by atoms with van der Waals surface area (Å²) in [5, 5.41) is 0.437. The average Bonchev–Trinajstić information content (AvgIpc) is 2.59. The lowest BCUT2D eigenvalue weighted by Gasteiger charge is -2.01. The number of hydrogen-bond acceptors (Lipinski definition) is 5. The van der Waals surface area contributed by atoms with Crippen LogP contribution in [0.25, 0.3) is 0 Å². The van der Waals surface area contributed by atoms with E-state index in [2.05, 4.69) is 4.72 Å². The molecular formula is C10H15NO4S2. The van der Waals surface area contributed by atoms with Gasteiger partial charge < -0.3 is 4.74 Å². The number of hydrogen-bond donors (Lipinski definition) is 1. The molecule has 1 aromatic heterocycles. The molecule has 0 aromatic carbocycles. The molecule has 1 N–H and O–H groups in total. The third-order valence-corrected chi connectivity index (χ3v) is 4.57. The molecule has 1 aromatic rings. The van der Waals surface area contributed by atoms with Crippen LogP contribution in [-0.2, 0) is 14.8 Å². The minimum atomic E-state index is -3.31. The van der Waals surface area contributed by atoms with Gasteiger partial charge in [0.1, 0.15) is 9.88 Å². The minimum absolute atomic E-state index is 0.00130. The molecule has 0 spiro atoms. The predicted molar refractivity (Wildman–Crippen MR) is 68.1 cm³/mol. The number of rotatable bonds is 5. The molecular weight excluding hydrogens is 262 g/mol. The van der Waals surface area contributed by atoms with Gasteiger partial charge in [0.05, 0.1) is 12.4 Å². The number of aryl methyl sites for hydroxylation is 1. The first-order chi connectivity index (χ1) is 7.89. The van der Waals surface area contributed by atoms with Crippen LogP contribution in [0.3, 0.4) is 0 Å². The fraction of sp³-hybridized carbons (Fsp3) is 0.500. The lowest BCUT2D eigenvalue weighted by molar-refractivity contribution is 0.0531. The molecule has 17 heavy (non-hydrogen) atoms. The van der Waals surface area contributed by atoms with E-state index < -0.39 is 16.0 Å². The molecule has 0 saturated heterocycles. The number of thiophene rings is 1. The van der Waals surface area contributed by atoms with Crippen LogP contribution in [0.5, 0.6) is 0 Å². The Morgan fingerprint density at radius 1 is 1.47 bits per heavy atom. The molecule has 1 heterocycles. The Morgan fingerprint density at radius 3 is 2.65 bits per heavy atom. The number of carbonyl (C=O) groups excluding carboxylic acids is 1. The lowest BCUT2D eigenvalue weighted by atomic mass is 10.3. The topological polar surface area (TPSA) is 72.5 Å². The highest BCUT2D eigenvalue weighted by Crippen LogP contribution is 2.28. The Bertz CT molecular complexity index is 504. The molecule has 0 bridgehead atoms. The van der Waals surface area contributed by atoms with E-state index in [1.165, 1.54) is 0 Å². The van der Waals surface area contributed by atoms with Gasteiger partial charge in [-0.1, -0.05) is 0 Å². The summed E-state index contributed by atoms with van der Waals surface area (Å²) in [6.45, 7) is 5.31. The van der Waals surface area contributed by atoms with Gasteiger partial charge in [0.15, 0.2) is 0 Å². The Kier molecular flexibility index (Phi) is 4.53. The van der Waals surface area contributed by atoms with Gasteiger partial charge in [-0.05, 0) is 32.4 Å². The van der Waals surface area contributed by atoms with Gasteiger partial charge in [-0.2, -0.15) is 0 Å². The normalized spacial score (nSPS) is 11.2. The molecule has 0 aliphatic heterocycles. The van der Waals surface area contributed by atoms with Gasteiger partial charge in [-0.25, -0.2) is 13.2 Å². The van der Waals surface area contributed by atoms with Crippen molar-refractivity contribution in [2.45, 2.75) is 20.8 Å². The smallest absolute Gasteiger partial charge is 0.348 e. The van der Waals surface area contributed by atoms with Gasteiger partial charge in [0.25, 0.3) is 0 Å². The van der Waals surface area contributed by atoms with Crippen LogP contribution in [0.15, 0.2) is 6.07 Å². The summed E-state index contributed by atoms with van der Waals surface area (Å²) in [5.74, 6) is -0.421. The molecule has 0 aliphatic carbocycles. The molecule has 0 amide bonds. The summed E-state index contributed by atoms with van der Waals surface area (Å²) in [6.07, 6.45) is 0. The third kappa shape index (κ3) is 3.71. The zero-order valence-corrected chi connectivity index (χ0v) is 11.6. The first-order valence-corrected chi connectivity index (χ1v) is 7.64. The Morgan fingerprint density at radius 2 is 2.12 bits per heavy atom. The largest absolute Gasteiger partial charge is 0.462 e. The second-order valence-electron chi connectivity index (χ2n) is 3.35. The molecule has 0 atom stereocenters. The summed E-state index contributed by atoms with van der Waals surface area (Å²) in [7, 11) is -3.31. The van der Waals surface area contributed by atoms with Gasteiger partial charge in [0, 0.05) is 0 Å². The Balaban J connectivity index is 2.93. The highest BCUT2D eigenvalue weighted by molar-refractivity contribution is 7.92. The highest BCUT2D eigenvalue weighted by atomic mass is 32.2. The number of ether oxygens (including phenoxy) is 1. The second kappa shape index (κ2) is 5.50. The van der Waals surface area contributed by atoms with Crippen molar-refractivity contribution in [3.8, 4) is 0 Å². The molecule has 0 unspecified atom stereocenters. The van der Waals surface area contributed by atoms with Crippen LogP contribution < -0.4 is 4.72 Å². The predicted octanol–water partition coefficient (Wildman–Crippen LogP) is 1.99. The Labute approximate surface area is 105 Å². The number of anilines is 1. The quantitative estimate of drug-likeness (QED) is 0.835. The summed E-state index contributed by atoms with van der Waals surface area (Å²) in [5.41, 5.74) is 0.710. The van der Waals surface area contributed by atoms with E-state index in [1.54, 1.807) is 26.8 Å². The molecule has 0 aliphatic rings.